The van der Waals surface area contributed by atoms with Crippen LogP contribution in [0.1, 0.15) is 12.0 Å². The van der Waals surface area contributed by atoms with Gasteiger partial charge in [-0.3, -0.25) is 0 Å². The molecule has 1 rings (SSSR count). The minimum absolute atomic E-state index is 0.536. The van der Waals surface area contributed by atoms with Gasteiger partial charge >= 0.3 is 0 Å². The fourth-order valence-electron chi connectivity index (χ4n) is 0.872. The number of hydrogen-bond acceptors (Lipinski definition) is 2. The van der Waals surface area contributed by atoms with Crippen LogP contribution in [0.4, 0.5) is 5.82 Å². The lowest BCUT2D eigenvalue weighted by molar-refractivity contribution is 1.24. The minimum Gasteiger partial charge on any atom is -0.383 e. The van der Waals surface area contributed by atoms with E-state index in [-0.39, 0.29) is 0 Å². The van der Waals surface area contributed by atoms with Crippen molar-refractivity contribution >= 4 is 39.4 Å². The maximum absolute atomic E-state index is 5.66. The van der Waals surface area contributed by atoms with Gasteiger partial charge in [0, 0.05) is 22.1 Å². The number of nitrogens with zero attached hydrogens (tertiary/aromatic N) is 1. The first kappa shape index (κ1) is 10.5. The molecule has 0 saturated heterocycles. The summed E-state index contributed by atoms with van der Waals surface area (Å²) in [6.45, 7) is 0. The first-order valence-corrected chi connectivity index (χ1v) is 5.20. The van der Waals surface area contributed by atoms with Crippen molar-refractivity contribution in [2.45, 2.75) is 6.42 Å². The second-order valence-corrected chi connectivity index (χ2v) is 3.80. The van der Waals surface area contributed by atoms with E-state index in [0.717, 1.165) is 16.5 Å². The van der Waals surface area contributed by atoms with Crippen molar-refractivity contribution in [1.82, 2.24) is 4.98 Å². The monoisotopic (exact) mass is 260 g/mol. The van der Waals surface area contributed by atoms with Gasteiger partial charge in [0.25, 0.3) is 0 Å². The van der Waals surface area contributed by atoms with Crippen LogP contribution in [0.5, 0.6) is 0 Å². The molecule has 0 saturated carbocycles. The first-order chi connectivity index (χ1) is 6.24. The maximum Gasteiger partial charge on any atom is 0.130 e. The number of nitrogens with two attached hydrogens (primary N) is 1. The number of pyridine rings is 1. The number of rotatable bonds is 3. The van der Waals surface area contributed by atoms with E-state index in [1.807, 2.05) is 18.2 Å². The number of aromatic nitrogens is 1. The van der Waals surface area contributed by atoms with E-state index in [1.54, 1.807) is 6.20 Å². The van der Waals surface area contributed by atoms with Crippen LogP contribution in [0.15, 0.2) is 22.8 Å². The smallest absolute Gasteiger partial charge is 0.130 e. The van der Waals surface area contributed by atoms with Crippen LogP contribution in [0, 0.1) is 0 Å². The highest BCUT2D eigenvalue weighted by Gasteiger charge is 1.96. The summed E-state index contributed by atoms with van der Waals surface area (Å²) in [6, 6.07) is 1.92. The third kappa shape index (κ3) is 3.36. The van der Waals surface area contributed by atoms with Crippen LogP contribution >= 0.6 is 27.5 Å². The Morgan fingerprint density at radius 3 is 3.08 bits per heavy atom. The second kappa shape index (κ2) is 5.25. The molecule has 0 radical (unpaired) electrons. The number of alkyl halides is 1. The van der Waals surface area contributed by atoms with Gasteiger partial charge in [-0.25, -0.2) is 4.98 Å². The van der Waals surface area contributed by atoms with E-state index in [4.69, 9.17) is 17.3 Å². The average Bonchev–Trinajstić information content (AvgIpc) is 2.11. The van der Waals surface area contributed by atoms with Crippen molar-refractivity contribution in [3.63, 3.8) is 0 Å². The molecule has 70 valence electrons. The summed E-state index contributed by atoms with van der Waals surface area (Å²) < 4.78 is 0.923. The summed E-state index contributed by atoms with van der Waals surface area (Å²) in [7, 11) is 0. The number of anilines is 1. The van der Waals surface area contributed by atoms with Crippen LogP contribution in [-0.4, -0.2) is 10.9 Å². The Kier molecular flexibility index (Phi) is 4.25. The van der Waals surface area contributed by atoms with Crippen LogP contribution in [0.25, 0.3) is 6.08 Å². The highest BCUT2D eigenvalue weighted by Crippen LogP contribution is 2.16. The SMILES string of the molecule is Nc1ncc(Br)cc1C=CCCCl. The number of nitrogen functional groups attached to an aromatic ring is 1. The molecule has 0 bridgehead atoms. The zero-order chi connectivity index (χ0) is 9.68. The zero-order valence-corrected chi connectivity index (χ0v) is 9.35. The van der Waals surface area contributed by atoms with E-state index in [2.05, 4.69) is 20.9 Å². The predicted octanol–water partition coefficient (Wildman–Crippen LogP) is 3.07. The molecule has 0 atom stereocenters. The molecule has 1 aromatic heterocycles. The minimum atomic E-state index is 0.536. The summed E-state index contributed by atoms with van der Waals surface area (Å²) >= 11 is 8.86. The summed E-state index contributed by atoms with van der Waals surface area (Å²) in [5.74, 6) is 1.16. The van der Waals surface area contributed by atoms with Crippen LogP contribution in [0.3, 0.4) is 0 Å². The van der Waals surface area contributed by atoms with Crippen molar-refractivity contribution in [3.8, 4) is 0 Å². The Morgan fingerprint density at radius 2 is 2.38 bits per heavy atom. The topological polar surface area (TPSA) is 38.9 Å². The molecule has 0 aromatic carbocycles. The lowest BCUT2D eigenvalue weighted by atomic mass is 10.2. The van der Waals surface area contributed by atoms with E-state index in [0.29, 0.717) is 11.7 Å². The largest absolute Gasteiger partial charge is 0.383 e. The van der Waals surface area contributed by atoms with E-state index < -0.39 is 0 Å². The van der Waals surface area contributed by atoms with Gasteiger partial charge < -0.3 is 5.73 Å². The highest BCUT2D eigenvalue weighted by molar-refractivity contribution is 9.10. The standard InChI is InChI=1S/C9H10BrClN2/c10-8-5-7(3-1-2-4-11)9(12)13-6-8/h1,3,5-6H,2,4H2,(H2,12,13). The second-order valence-electron chi connectivity index (χ2n) is 2.51. The van der Waals surface area contributed by atoms with Gasteiger partial charge in [-0.15, -0.1) is 11.6 Å². The molecule has 2 N–H and O–H groups in total. The molecular weight excluding hydrogens is 251 g/mol. The molecule has 2 nitrogen and oxygen atoms in total. The molecule has 0 unspecified atom stereocenters. The van der Waals surface area contributed by atoms with Gasteiger partial charge in [-0.05, 0) is 28.4 Å². The average molecular weight is 262 g/mol. The van der Waals surface area contributed by atoms with Crippen LogP contribution in [-0.2, 0) is 0 Å². The normalized spacial score (nSPS) is 10.9. The summed E-state index contributed by atoms with van der Waals surface area (Å²) in [5.41, 5.74) is 6.57. The van der Waals surface area contributed by atoms with Crippen molar-refractivity contribution in [3.05, 3.63) is 28.4 Å². The molecule has 0 spiro atoms. The quantitative estimate of drug-likeness (QED) is 0.849. The van der Waals surface area contributed by atoms with Gasteiger partial charge in [-0.1, -0.05) is 12.2 Å². The van der Waals surface area contributed by atoms with Gasteiger partial charge in [0.1, 0.15) is 5.82 Å². The Hall–Kier alpha value is -0.540. The fourth-order valence-corrected chi connectivity index (χ4v) is 1.35. The third-order valence-electron chi connectivity index (χ3n) is 1.49. The third-order valence-corrected chi connectivity index (χ3v) is 2.14. The molecule has 0 amide bonds. The maximum atomic E-state index is 5.66. The molecule has 0 fully saturated rings. The Balaban J connectivity index is 2.81. The molecule has 4 heteroatoms. The lowest BCUT2D eigenvalue weighted by Gasteiger charge is -1.98. The van der Waals surface area contributed by atoms with E-state index in [9.17, 15) is 0 Å². The first-order valence-electron chi connectivity index (χ1n) is 3.87. The van der Waals surface area contributed by atoms with Crippen molar-refractivity contribution < 1.29 is 0 Å². The number of halogens is 2. The number of allylic oxidation sites excluding steroid dienone is 1. The molecule has 0 aliphatic carbocycles. The number of hydrogen-bond donors (Lipinski definition) is 1. The van der Waals surface area contributed by atoms with Gasteiger partial charge in [0.2, 0.25) is 0 Å². The van der Waals surface area contributed by atoms with Crippen LogP contribution < -0.4 is 5.73 Å². The molecule has 1 aromatic rings. The van der Waals surface area contributed by atoms with Crippen LogP contribution in [0.2, 0.25) is 0 Å². The van der Waals surface area contributed by atoms with Gasteiger partial charge in [-0.2, -0.15) is 0 Å². The lowest BCUT2D eigenvalue weighted by Crippen LogP contribution is -1.92. The van der Waals surface area contributed by atoms with Gasteiger partial charge in [0.05, 0.1) is 0 Å². The Bertz CT molecular complexity index is 312. The molecule has 13 heavy (non-hydrogen) atoms. The van der Waals surface area contributed by atoms with Gasteiger partial charge in [0.15, 0.2) is 0 Å². The molecular formula is C9H10BrClN2. The highest BCUT2D eigenvalue weighted by atomic mass is 79.9. The zero-order valence-electron chi connectivity index (χ0n) is 7.00. The molecule has 0 aliphatic rings. The molecule has 1 heterocycles. The van der Waals surface area contributed by atoms with E-state index >= 15 is 0 Å². The predicted molar refractivity (Wildman–Crippen MR) is 60.7 cm³/mol. The van der Waals surface area contributed by atoms with Crippen molar-refractivity contribution in [2.24, 2.45) is 0 Å². The Morgan fingerprint density at radius 1 is 1.62 bits per heavy atom. The van der Waals surface area contributed by atoms with E-state index in [1.165, 1.54) is 0 Å². The van der Waals surface area contributed by atoms with Crippen molar-refractivity contribution in [1.29, 1.82) is 0 Å². The van der Waals surface area contributed by atoms with Crippen molar-refractivity contribution in [2.75, 3.05) is 11.6 Å². The summed E-state index contributed by atoms with van der Waals surface area (Å²) in [6.07, 6.45) is 6.42. The summed E-state index contributed by atoms with van der Waals surface area (Å²) in [5, 5.41) is 0. The summed E-state index contributed by atoms with van der Waals surface area (Å²) in [4.78, 5) is 4.00. The Labute approximate surface area is 90.9 Å². The fraction of sp³-hybridized carbons (Fsp3) is 0.222. The molecule has 0 aliphatic heterocycles.